The molecule has 2 aromatic carbocycles. The first-order chi connectivity index (χ1) is 9.97. The minimum absolute atomic E-state index is 0.0167. The molecule has 0 aliphatic heterocycles. The van der Waals surface area contributed by atoms with Gasteiger partial charge < -0.3 is 15.7 Å². The molecular weight excluding hydrogens is 292 g/mol. The van der Waals surface area contributed by atoms with Gasteiger partial charge in [-0.05, 0) is 36.8 Å². The average Bonchev–Trinajstić information content (AvgIpc) is 2.43. The molecule has 0 aliphatic rings. The Labute approximate surface area is 126 Å². The van der Waals surface area contributed by atoms with Gasteiger partial charge >= 0.3 is 12.0 Å². The first kappa shape index (κ1) is 14.9. The molecule has 2 aromatic rings. The molecule has 0 unspecified atom stereocenters. The molecule has 5 nitrogen and oxygen atoms in total. The number of amides is 2. The van der Waals surface area contributed by atoms with Crippen molar-refractivity contribution in [3.8, 4) is 0 Å². The Morgan fingerprint density at radius 3 is 2.43 bits per heavy atom. The van der Waals surface area contributed by atoms with Gasteiger partial charge in [-0.25, -0.2) is 9.59 Å². The van der Waals surface area contributed by atoms with Gasteiger partial charge in [0.1, 0.15) is 0 Å². The summed E-state index contributed by atoms with van der Waals surface area (Å²) in [5, 5.41) is 14.5. The van der Waals surface area contributed by atoms with E-state index < -0.39 is 12.0 Å². The summed E-state index contributed by atoms with van der Waals surface area (Å²) in [6.07, 6.45) is 0. The van der Waals surface area contributed by atoms with Crippen molar-refractivity contribution in [3.63, 3.8) is 0 Å². The maximum absolute atomic E-state index is 11.9. The van der Waals surface area contributed by atoms with Gasteiger partial charge in [-0.3, -0.25) is 0 Å². The lowest BCUT2D eigenvalue weighted by atomic mass is 10.2. The molecule has 0 spiro atoms. The highest BCUT2D eigenvalue weighted by Gasteiger charge is 2.12. The third kappa shape index (κ3) is 3.73. The summed E-state index contributed by atoms with van der Waals surface area (Å²) >= 11 is 5.99. The Hall–Kier alpha value is -2.53. The predicted octanol–water partition coefficient (Wildman–Crippen LogP) is 3.99. The zero-order chi connectivity index (χ0) is 15.4. The van der Waals surface area contributed by atoms with Gasteiger partial charge in [-0.1, -0.05) is 29.8 Å². The van der Waals surface area contributed by atoms with E-state index in [1.54, 1.807) is 24.3 Å². The first-order valence-corrected chi connectivity index (χ1v) is 6.51. The molecule has 21 heavy (non-hydrogen) atoms. The molecule has 0 heterocycles. The van der Waals surface area contributed by atoms with Crippen LogP contribution >= 0.6 is 11.6 Å². The zero-order valence-electron chi connectivity index (χ0n) is 11.2. The highest BCUT2D eigenvalue weighted by Crippen LogP contribution is 2.23. The van der Waals surface area contributed by atoms with Gasteiger partial charge in [-0.2, -0.15) is 0 Å². The maximum atomic E-state index is 11.9. The van der Waals surface area contributed by atoms with Crippen LogP contribution in [0.25, 0.3) is 0 Å². The van der Waals surface area contributed by atoms with Crippen LogP contribution in [0, 0.1) is 6.92 Å². The molecular formula is C15H13ClN2O3. The van der Waals surface area contributed by atoms with Crippen LogP contribution in [0.3, 0.4) is 0 Å². The van der Waals surface area contributed by atoms with E-state index in [9.17, 15) is 9.59 Å². The van der Waals surface area contributed by atoms with E-state index in [1.807, 2.05) is 13.0 Å². The number of rotatable bonds is 3. The number of urea groups is 1. The van der Waals surface area contributed by atoms with E-state index in [0.29, 0.717) is 10.7 Å². The number of anilines is 2. The second-order valence-electron chi connectivity index (χ2n) is 4.41. The Bertz CT molecular complexity index is 701. The Balaban J connectivity index is 2.16. The number of benzene rings is 2. The van der Waals surface area contributed by atoms with E-state index in [1.165, 1.54) is 12.1 Å². The second kappa shape index (κ2) is 6.28. The number of halogens is 1. The fourth-order valence-electron chi connectivity index (χ4n) is 1.79. The molecule has 0 saturated heterocycles. The third-order valence-electron chi connectivity index (χ3n) is 2.78. The van der Waals surface area contributed by atoms with Crippen LogP contribution in [0.15, 0.2) is 42.5 Å². The average molecular weight is 305 g/mol. The van der Waals surface area contributed by atoms with Crippen molar-refractivity contribution in [2.24, 2.45) is 0 Å². The molecule has 0 aromatic heterocycles. The first-order valence-electron chi connectivity index (χ1n) is 6.14. The molecule has 108 valence electrons. The van der Waals surface area contributed by atoms with Crippen molar-refractivity contribution in [2.75, 3.05) is 10.6 Å². The Morgan fingerprint density at radius 2 is 1.71 bits per heavy atom. The van der Waals surface area contributed by atoms with Crippen molar-refractivity contribution >= 4 is 35.0 Å². The van der Waals surface area contributed by atoms with Crippen LogP contribution in [-0.2, 0) is 0 Å². The molecule has 0 saturated carbocycles. The van der Waals surface area contributed by atoms with Gasteiger partial charge in [0.05, 0.1) is 22.0 Å². The molecule has 6 heteroatoms. The van der Waals surface area contributed by atoms with Gasteiger partial charge in [0, 0.05) is 0 Å². The zero-order valence-corrected chi connectivity index (χ0v) is 11.9. The van der Waals surface area contributed by atoms with E-state index >= 15 is 0 Å². The van der Waals surface area contributed by atoms with Crippen LogP contribution in [0.4, 0.5) is 16.2 Å². The minimum Gasteiger partial charge on any atom is -0.478 e. The van der Waals surface area contributed by atoms with E-state index in [0.717, 1.165) is 5.56 Å². The van der Waals surface area contributed by atoms with Crippen molar-refractivity contribution < 1.29 is 14.7 Å². The number of aryl methyl sites for hydroxylation is 1. The van der Waals surface area contributed by atoms with Crippen LogP contribution in [-0.4, -0.2) is 17.1 Å². The lowest BCUT2D eigenvalue weighted by molar-refractivity contribution is 0.0698. The van der Waals surface area contributed by atoms with E-state index in [4.69, 9.17) is 16.7 Å². The summed E-state index contributed by atoms with van der Waals surface area (Å²) in [5.74, 6) is -1.11. The number of hydrogen-bond donors (Lipinski definition) is 3. The van der Waals surface area contributed by atoms with Gasteiger partial charge in [0.15, 0.2) is 0 Å². The van der Waals surface area contributed by atoms with Crippen LogP contribution in [0.5, 0.6) is 0 Å². The van der Waals surface area contributed by atoms with Crippen LogP contribution in [0.2, 0.25) is 5.02 Å². The molecule has 0 aliphatic carbocycles. The number of hydrogen-bond acceptors (Lipinski definition) is 2. The molecule has 0 bridgehead atoms. The monoisotopic (exact) mass is 304 g/mol. The second-order valence-corrected chi connectivity index (χ2v) is 4.82. The van der Waals surface area contributed by atoms with Crippen molar-refractivity contribution in [2.45, 2.75) is 6.92 Å². The fraction of sp³-hybridized carbons (Fsp3) is 0.0667. The number of carbonyl (C=O) groups excluding carboxylic acids is 1. The summed E-state index contributed by atoms with van der Waals surface area (Å²) in [6.45, 7) is 1.87. The van der Waals surface area contributed by atoms with Crippen molar-refractivity contribution in [1.29, 1.82) is 0 Å². The quantitative estimate of drug-likeness (QED) is 0.802. The third-order valence-corrected chi connectivity index (χ3v) is 3.11. The molecule has 2 amide bonds. The summed E-state index contributed by atoms with van der Waals surface area (Å²) < 4.78 is 0. The van der Waals surface area contributed by atoms with Gasteiger partial charge in [0.25, 0.3) is 0 Å². The smallest absolute Gasteiger partial charge is 0.337 e. The largest absolute Gasteiger partial charge is 0.478 e. The van der Waals surface area contributed by atoms with Gasteiger partial charge in [0.2, 0.25) is 0 Å². The topological polar surface area (TPSA) is 78.4 Å². The fourth-order valence-corrected chi connectivity index (χ4v) is 1.95. The Morgan fingerprint density at radius 1 is 1.05 bits per heavy atom. The molecule has 0 fully saturated rings. The Kier molecular flexibility index (Phi) is 4.45. The highest BCUT2D eigenvalue weighted by atomic mass is 35.5. The van der Waals surface area contributed by atoms with Crippen LogP contribution in [0.1, 0.15) is 15.9 Å². The number of nitrogens with one attached hydrogen (secondary N) is 2. The summed E-state index contributed by atoms with van der Waals surface area (Å²) in [6, 6.07) is 10.8. The molecule has 0 radical (unpaired) electrons. The minimum atomic E-state index is -1.11. The number of para-hydroxylation sites is 1. The SMILES string of the molecule is Cc1ccc(Cl)c(NC(=O)Nc2ccccc2C(=O)O)c1. The normalized spacial score (nSPS) is 10.0. The number of carboxylic acids is 1. The number of carbonyl (C=O) groups is 2. The van der Waals surface area contributed by atoms with Crippen molar-refractivity contribution in [1.82, 2.24) is 0 Å². The number of carboxylic acid groups (broad SMARTS) is 1. The predicted molar refractivity (Wildman–Crippen MR) is 82.2 cm³/mol. The molecule has 0 atom stereocenters. The lowest BCUT2D eigenvalue weighted by Gasteiger charge is -2.11. The van der Waals surface area contributed by atoms with E-state index in [-0.39, 0.29) is 11.3 Å². The number of aromatic carboxylic acids is 1. The summed E-state index contributed by atoms with van der Waals surface area (Å²) in [4.78, 5) is 23.0. The van der Waals surface area contributed by atoms with Crippen molar-refractivity contribution in [3.05, 3.63) is 58.6 Å². The maximum Gasteiger partial charge on any atom is 0.337 e. The molecule has 3 N–H and O–H groups in total. The molecule has 2 rings (SSSR count). The highest BCUT2D eigenvalue weighted by molar-refractivity contribution is 6.33. The van der Waals surface area contributed by atoms with Crippen LogP contribution < -0.4 is 10.6 Å². The lowest BCUT2D eigenvalue weighted by Crippen LogP contribution is -2.21. The van der Waals surface area contributed by atoms with E-state index in [2.05, 4.69) is 10.6 Å². The standard InChI is InChI=1S/C15H13ClN2O3/c1-9-6-7-11(16)13(8-9)18-15(21)17-12-5-3-2-4-10(12)14(19)20/h2-8H,1H3,(H,19,20)(H2,17,18,21). The summed E-state index contributed by atoms with van der Waals surface area (Å²) in [5.41, 5.74) is 1.64. The van der Waals surface area contributed by atoms with Gasteiger partial charge in [-0.15, -0.1) is 0 Å². The summed E-state index contributed by atoms with van der Waals surface area (Å²) in [7, 11) is 0.